The van der Waals surface area contributed by atoms with Crippen molar-refractivity contribution in [3.8, 4) is 0 Å². The Morgan fingerprint density at radius 2 is 0.627 bits per heavy atom. The monoisotopic (exact) mass is 2080 g/mol. The van der Waals surface area contributed by atoms with Crippen LogP contribution in [-0.2, 0) is 128 Å². The molecule has 11 aliphatic rings. The first-order valence-corrected chi connectivity index (χ1v) is 45.1. The van der Waals surface area contributed by atoms with Gasteiger partial charge in [0.25, 0.3) is 5.79 Å². The standard InChI is InChI=1S/C79H131N5O58/c1-18-40(100)50(110)55(115)72(124-18)138-64-39(84-23(6)97)71(131-32(15-92)62(64)137-73-56(116)51(111)42(102)26(9-86)126-73)140-66-53(113)43(103)27(10-87)127-76(66)122-16-33-46(106)65(58(118)75(132-33)136-61-31(14-91)129-69(37(48(61)108)82-21(4)95)134-59-29(12-89)125-68(119)36(47(59)107)81-20(3)94)139-77-67(54(114)44(104)28(11-88)128-77)141-70-38(83-22(5)96)49(109)60(30(13-90)130-70)135-74-57(117)52(112)45(105)34(133-74)17-123-79(78(120)121)7-24(98)35(80-19(2)93)63(142-79)41(101)25(99)8-85/h18,24-77,85-92,98-119H,7-17H2,1-6H3,(H,80,93)(H,81,94)(H,82,95)(H,83,96)(H,84,97)(H,120,121)/t18-,24+,25-,26-,27-,28-,29-,30-,31-,32-,33-,34-,35-,36-,37-,38-,39-,40+,41-,42+,43-,44-,45+,46-,47-,48-,49-,50+,51+,52+,53+,54+,55-,56-,57-,58+,59-,60-,61-,62-,63-,64-,65+,66+,67+,68-,69+,70+,71+,72-,73+,74+,75+,76+,77-,79-/m1/s1. The van der Waals surface area contributed by atoms with Gasteiger partial charge >= 0.3 is 5.97 Å². The number of aliphatic hydroxyl groups is 30. The van der Waals surface area contributed by atoms with Gasteiger partial charge in [0.15, 0.2) is 62.9 Å². The molecule has 0 aromatic rings. The van der Waals surface area contributed by atoms with Crippen LogP contribution < -0.4 is 26.6 Å². The molecule has 0 bridgehead atoms. The van der Waals surface area contributed by atoms with Gasteiger partial charge in [-0.15, -0.1) is 0 Å². The molecular weight excluding hydrogens is 1950 g/mol. The topological polar surface area (TPSA) is 984 Å². The van der Waals surface area contributed by atoms with Gasteiger partial charge in [-0.2, -0.15) is 0 Å². The number of hydrogen-bond donors (Lipinski definition) is 36. The van der Waals surface area contributed by atoms with E-state index < -0.39 is 451 Å². The molecule has 56 atom stereocenters. The van der Waals surface area contributed by atoms with Gasteiger partial charge in [-0.3, -0.25) is 24.0 Å². The van der Waals surface area contributed by atoms with Crippen molar-refractivity contribution in [1.82, 2.24) is 26.6 Å². The Bertz CT molecular complexity index is 4010. The predicted molar refractivity (Wildman–Crippen MR) is 436 cm³/mol. The molecule has 63 heteroatoms. The van der Waals surface area contributed by atoms with Crippen LogP contribution >= 0.6 is 0 Å². The maximum absolute atomic E-state index is 13.5. The highest BCUT2D eigenvalue weighted by Crippen LogP contribution is 2.43. The normalized spacial score (nSPS) is 48.0. The second-order valence-corrected chi connectivity index (χ2v) is 36.0. The molecule has 0 spiro atoms. The van der Waals surface area contributed by atoms with Crippen molar-refractivity contribution in [2.24, 2.45) is 0 Å². The van der Waals surface area contributed by atoms with Crippen LogP contribution in [0, 0.1) is 0 Å². The van der Waals surface area contributed by atoms with Crippen LogP contribution in [0.2, 0.25) is 0 Å². The molecule has 11 aliphatic heterocycles. The maximum Gasteiger partial charge on any atom is 0.364 e. The summed E-state index contributed by atoms with van der Waals surface area (Å²) in [5.74, 6) is -10.0. The van der Waals surface area contributed by atoms with Crippen LogP contribution in [0.4, 0.5) is 0 Å². The van der Waals surface area contributed by atoms with Gasteiger partial charge in [0.1, 0.15) is 256 Å². The number of aliphatic hydroxyl groups excluding tert-OH is 30. The molecule has 11 heterocycles. The fourth-order valence-electron chi connectivity index (χ4n) is 18.4. The number of carboxylic acids is 1. The highest BCUT2D eigenvalue weighted by atomic mass is 16.8. The Morgan fingerprint density at radius 1 is 0.303 bits per heavy atom. The van der Waals surface area contributed by atoms with Crippen LogP contribution in [0.3, 0.4) is 0 Å². The molecule has 63 nitrogen and oxygen atoms in total. The lowest BCUT2D eigenvalue weighted by atomic mass is 9.88. The summed E-state index contributed by atoms with van der Waals surface area (Å²) in [5, 5.41) is 361. The Morgan fingerprint density at radius 3 is 1.08 bits per heavy atom. The number of amides is 5. The zero-order valence-corrected chi connectivity index (χ0v) is 76.4. The molecule has 5 amide bonds. The molecule has 0 aromatic carbocycles. The number of ether oxygens (including phenoxy) is 21. The van der Waals surface area contributed by atoms with Crippen molar-refractivity contribution in [2.75, 3.05) is 66.1 Å². The van der Waals surface area contributed by atoms with Crippen molar-refractivity contribution in [1.29, 1.82) is 0 Å². The van der Waals surface area contributed by atoms with Gasteiger partial charge in [-0.05, 0) is 6.92 Å². The number of nitrogens with one attached hydrogen (secondary N) is 5. The van der Waals surface area contributed by atoms with Gasteiger partial charge in [-0.1, -0.05) is 0 Å². The first-order valence-electron chi connectivity index (χ1n) is 45.1. The fourth-order valence-corrected chi connectivity index (χ4v) is 18.4. The minimum Gasteiger partial charge on any atom is -0.477 e. The smallest absolute Gasteiger partial charge is 0.364 e. The van der Waals surface area contributed by atoms with E-state index in [9.17, 15) is 187 Å². The van der Waals surface area contributed by atoms with E-state index in [1.165, 1.54) is 6.92 Å². The summed E-state index contributed by atoms with van der Waals surface area (Å²) in [6.07, 6.45) is -111. The summed E-state index contributed by atoms with van der Waals surface area (Å²) in [4.78, 5) is 77.6. The van der Waals surface area contributed by atoms with Crippen molar-refractivity contribution >= 4 is 35.5 Å². The van der Waals surface area contributed by atoms with Crippen LogP contribution in [-0.4, -0.2) is 603 Å². The Hall–Kier alpha value is -5.22. The molecule has 0 aliphatic carbocycles. The van der Waals surface area contributed by atoms with Gasteiger partial charge in [0, 0.05) is 41.0 Å². The fraction of sp³-hybridized carbons (Fsp3) is 0.924. The number of carboxylic acid groups (broad SMARTS) is 1. The summed E-state index contributed by atoms with van der Waals surface area (Å²) in [6.45, 7) is -6.39. The second kappa shape index (κ2) is 50.6. The molecule has 0 aromatic heterocycles. The zero-order valence-electron chi connectivity index (χ0n) is 76.4. The molecule has 11 fully saturated rings. The van der Waals surface area contributed by atoms with E-state index in [2.05, 4.69) is 26.6 Å². The molecule has 36 N–H and O–H groups in total. The largest absolute Gasteiger partial charge is 0.477 e. The number of carbonyl (C=O) groups is 6. The first-order chi connectivity index (χ1) is 67.0. The van der Waals surface area contributed by atoms with Crippen LogP contribution in [0.25, 0.3) is 0 Å². The van der Waals surface area contributed by atoms with Crippen LogP contribution in [0.1, 0.15) is 48.0 Å². The SMILES string of the molecule is CC(=O)N[C@@H]1[C@@H](O)[C@H](O[C@@H]2O[C@H](CO)[C@@H](O[C@@H]3O[C@H](CO[C@H]4O[C@H](CO)[C@@H](O)[C@H](O)[C@@H]4O[C@@H]4O[C@H](CO)[C@@H](O[C@@H]5O[C@H](CO)[C@H](O)[C@H](O)[C@H]5O)[C@H](O[C@H]5O[C@H](C)[C@H](O)[C@H](O)[C@H]5O)[C@H]4NC(C)=O)[C@@H](O)[C@H](O[C@H]4O[C@H](CO)[C@@H](O)[C@H](O)[C@@H]4O[C@@H]4O[C@H](CO)[C@@H](O[C@@H]5O[C@H](CO[C@]6(C(=O)O)C[C@H](O)[C@@H](NC(C)=O)[C@H]([C@H](O)[C@H](O)CO)O6)[C@H](O)[C@H](O)[C@H]5O)[C@H](O)[C@H]4NC(C)=O)[C@@H]3O)[C@H](O)[C@H]2NC(C)=O)[C@@H](CO)O[C@H]1O. The summed E-state index contributed by atoms with van der Waals surface area (Å²) in [5.41, 5.74) is 0. The lowest BCUT2D eigenvalue weighted by Crippen LogP contribution is -2.71. The van der Waals surface area contributed by atoms with E-state index in [0.717, 1.165) is 34.6 Å². The zero-order chi connectivity index (χ0) is 105. The lowest BCUT2D eigenvalue weighted by Gasteiger charge is -2.51. The minimum atomic E-state index is -3.12. The van der Waals surface area contributed by atoms with Gasteiger partial charge in [-0.25, -0.2) is 4.79 Å². The molecule has 820 valence electrons. The van der Waals surface area contributed by atoms with Gasteiger partial charge in [0.2, 0.25) is 29.5 Å². The third-order valence-corrected chi connectivity index (χ3v) is 25.9. The van der Waals surface area contributed by atoms with E-state index >= 15 is 0 Å². The van der Waals surface area contributed by atoms with E-state index in [4.69, 9.17) is 99.5 Å². The molecular formula is C79H131N5O58. The van der Waals surface area contributed by atoms with Crippen molar-refractivity contribution in [3.63, 3.8) is 0 Å². The Balaban J connectivity index is 0.923. The van der Waals surface area contributed by atoms with Crippen molar-refractivity contribution < 1.29 is 287 Å². The molecule has 0 radical (unpaired) electrons. The number of aliphatic carboxylic acids is 1. The Labute approximate surface area is 803 Å². The number of hydrogen-bond acceptors (Lipinski definition) is 57. The third-order valence-electron chi connectivity index (χ3n) is 25.9. The summed E-state index contributed by atoms with van der Waals surface area (Å²) < 4.78 is 126. The highest BCUT2D eigenvalue weighted by Gasteiger charge is 2.64. The van der Waals surface area contributed by atoms with Gasteiger partial charge < -0.3 is 284 Å². The lowest BCUT2D eigenvalue weighted by molar-refractivity contribution is -0.400. The second-order valence-electron chi connectivity index (χ2n) is 36.0. The average Bonchev–Trinajstić information content (AvgIpc) is 0.765. The molecule has 142 heavy (non-hydrogen) atoms. The highest BCUT2D eigenvalue weighted by molar-refractivity contribution is 5.77. The van der Waals surface area contributed by atoms with E-state index in [1.807, 2.05) is 0 Å². The van der Waals surface area contributed by atoms with Crippen molar-refractivity contribution in [2.45, 2.75) is 391 Å². The Kier molecular flexibility index (Phi) is 41.7. The quantitative estimate of drug-likeness (QED) is 0.0273. The summed E-state index contributed by atoms with van der Waals surface area (Å²) in [7, 11) is 0. The van der Waals surface area contributed by atoms with Crippen LogP contribution in [0.5, 0.6) is 0 Å². The number of rotatable bonds is 38. The maximum atomic E-state index is 13.5. The van der Waals surface area contributed by atoms with Crippen molar-refractivity contribution in [3.05, 3.63) is 0 Å². The first kappa shape index (κ1) is 117. The van der Waals surface area contributed by atoms with E-state index in [0.29, 0.717) is 0 Å². The summed E-state index contributed by atoms with van der Waals surface area (Å²) >= 11 is 0. The molecule has 0 unspecified atom stereocenters. The average molecular weight is 2080 g/mol. The number of carbonyl (C=O) groups excluding carboxylic acids is 5. The molecule has 11 rings (SSSR count). The van der Waals surface area contributed by atoms with E-state index in [-0.39, 0.29) is 0 Å². The molecule has 11 saturated heterocycles. The van der Waals surface area contributed by atoms with Crippen LogP contribution in [0.15, 0.2) is 0 Å². The minimum absolute atomic E-state index is 0.829. The van der Waals surface area contributed by atoms with E-state index in [1.54, 1.807) is 0 Å². The predicted octanol–water partition coefficient (Wildman–Crippen LogP) is -24.0. The third kappa shape index (κ3) is 25.8. The summed E-state index contributed by atoms with van der Waals surface area (Å²) in [6, 6.07) is -9.65. The van der Waals surface area contributed by atoms with Gasteiger partial charge in [0.05, 0.1) is 84.3 Å². The molecule has 0 saturated carbocycles.